The lowest BCUT2D eigenvalue weighted by Crippen LogP contribution is -2.25. The summed E-state index contributed by atoms with van der Waals surface area (Å²) >= 11 is 1.23. The Kier molecular flexibility index (Phi) is 7.60. The summed E-state index contributed by atoms with van der Waals surface area (Å²) in [6.07, 6.45) is 3.20. The second-order valence-electron chi connectivity index (χ2n) is 6.33. The molecule has 10 nitrogen and oxygen atoms in total. The molecule has 3 aromatic heterocycles. The molecule has 3 rings (SSSR count). The Morgan fingerprint density at radius 2 is 1.97 bits per heavy atom. The Labute approximate surface area is 178 Å². The SMILES string of the molecule is Cc1nc(NCCNCCO)cc(Nc2ncc(C(=O)Nc3cccnc3C)s2)n1. The number of pyridine rings is 1. The van der Waals surface area contributed by atoms with E-state index in [1.54, 1.807) is 31.3 Å². The highest BCUT2D eigenvalue weighted by Gasteiger charge is 2.13. The number of carbonyl (C=O) groups is 1. The van der Waals surface area contributed by atoms with Crippen LogP contribution in [0.1, 0.15) is 21.2 Å². The first-order chi connectivity index (χ1) is 14.5. The monoisotopic (exact) mass is 428 g/mol. The van der Waals surface area contributed by atoms with Crippen molar-refractivity contribution in [1.82, 2.24) is 25.3 Å². The van der Waals surface area contributed by atoms with Crippen molar-refractivity contribution in [2.24, 2.45) is 0 Å². The maximum atomic E-state index is 12.5. The number of amides is 1. The fourth-order valence-electron chi connectivity index (χ4n) is 2.55. The number of carbonyl (C=O) groups excluding carboxylic acids is 1. The first-order valence-electron chi connectivity index (χ1n) is 9.42. The highest BCUT2D eigenvalue weighted by molar-refractivity contribution is 7.17. The summed E-state index contributed by atoms with van der Waals surface area (Å²) < 4.78 is 0. The summed E-state index contributed by atoms with van der Waals surface area (Å²) in [5.74, 6) is 1.62. The third kappa shape index (κ3) is 6.17. The zero-order chi connectivity index (χ0) is 21.3. The number of aromatic nitrogens is 4. The van der Waals surface area contributed by atoms with Crippen LogP contribution in [0.25, 0.3) is 0 Å². The van der Waals surface area contributed by atoms with Gasteiger partial charge in [-0.1, -0.05) is 11.3 Å². The maximum absolute atomic E-state index is 12.5. The van der Waals surface area contributed by atoms with Crippen LogP contribution < -0.4 is 21.3 Å². The van der Waals surface area contributed by atoms with Gasteiger partial charge in [-0.05, 0) is 26.0 Å². The largest absolute Gasteiger partial charge is 0.395 e. The number of anilines is 4. The van der Waals surface area contributed by atoms with E-state index in [0.29, 0.717) is 52.8 Å². The number of rotatable bonds is 10. The number of aliphatic hydroxyl groups excluding tert-OH is 1. The van der Waals surface area contributed by atoms with E-state index in [1.165, 1.54) is 17.5 Å². The lowest BCUT2D eigenvalue weighted by molar-refractivity contribution is 0.103. The maximum Gasteiger partial charge on any atom is 0.267 e. The van der Waals surface area contributed by atoms with Crippen LogP contribution in [0, 0.1) is 13.8 Å². The molecule has 0 atom stereocenters. The average molecular weight is 429 g/mol. The third-order valence-electron chi connectivity index (χ3n) is 3.95. The number of nitrogens with one attached hydrogen (secondary N) is 4. The first kappa shape index (κ1) is 21.6. The number of nitrogens with zero attached hydrogens (tertiary/aromatic N) is 4. The minimum absolute atomic E-state index is 0.107. The molecule has 30 heavy (non-hydrogen) atoms. The molecule has 0 aliphatic carbocycles. The van der Waals surface area contributed by atoms with Crippen LogP contribution in [0.4, 0.5) is 22.5 Å². The highest BCUT2D eigenvalue weighted by Crippen LogP contribution is 2.24. The van der Waals surface area contributed by atoms with Crippen LogP contribution in [0.5, 0.6) is 0 Å². The molecule has 0 aromatic carbocycles. The van der Waals surface area contributed by atoms with Crippen LogP contribution in [0.3, 0.4) is 0 Å². The van der Waals surface area contributed by atoms with Crippen molar-refractivity contribution in [3.63, 3.8) is 0 Å². The van der Waals surface area contributed by atoms with Gasteiger partial charge >= 0.3 is 0 Å². The minimum atomic E-state index is -0.242. The molecule has 0 bridgehead atoms. The quantitative estimate of drug-likeness (QED) is 0.307. The van der Waals surface area contributed by atoms with Crippen LogP contribution in [0.15, 0.2) is 30.6 Å². The van der Waals surface area contributed by atoms with Gasteiger partial charge in [-0.25, -0.2) is 15.0 Å². The predicted molar refractivity (Wildman–Crippen MR) is 118 cm³/mol. The summed E-state index contributed by atoms with van der Waals surface area (Å²) in [6, 6.07) is 5.35. The van der Waals surface area contributed by atoms with Crippen molar-refractivity contribution in [1.29, 1.82) is 0 Å². The van der Waals surface area contributed by atoms with E-state index in [-0.39, 0.29) is 12.5 Å². The van der Waals surface area contributed by atoms with Crippen molar-refractivity contribution in [3.05, 3.63) is 47.0 Å². The summed E-state index contributed by atoms with van der Waals surface area (Å²) in [5, 5.41) is 21.6. The molecule has 158 valence electrons. The van der Waals surface area contributed by atoms with E-state index in [0.717, 1.165) is 5.69 Å². The topological polar surface area (TPSA) is 137 Å². The Hall–Kier alpha value is -3.15. The molecule has 5 N–H and O–H groups in total. The van der Waals surface area contributed by atoms with Crippen LogP contribution >= 0.6 is 11.3 Å². The van der Waals surface area contributed by atoms with E-state index >= 15 is 0 Å². The number of aliphatic hydroxyl groups is 1. The summed E-state index contributed by atoms with van der Waals surface area (Å²) in [6.45, 7) is 5.66. The van der Waals surface area contributed by atoms with E-state index < -0.39 is 0 Å². The predicted octanol–water partition coefficient (Wildman–Crippen LogP) is 1.93. The number of hydrogen-bond acceptors (Lipinski definition) is 10. The van der Waals surface area contributed by atoms with Gasteiger partial charge in [0.05, 0.1) is 24.2 Å². The number of aryl methyl sites for hydroxylation is 2. The second kappa shape index (κ2) is 10.6. The molecule has 0 aliphatic heterocycles. The van der Waals surface area contributed by atoms with Gasteiger partial charge < -0.3 is 26.4 Å². The molecule has 3 heterocycles. The molecule has 0 radical (unpaired) electrons. The zero-order valence-corrected chi connectivity index (χ0v) is 17.6. The molecule has 0 aliphatic rings. The number of hydrogen-bond donors (Lipinski definition) is 5. The number of thiazole rings is 1. The Morgan fingerprint density at radius 1 is 1.13 bits per heavy atom. The molecular formula is C19H24N8O2S. The normalized spacial score (nSPS) is 10.6. The zero-order valence-electron chi connectivity index (χ0n) is 16.8. The van der Waals surface area contributed by atoms with Gasteiger partial charge in [-0.2, -0.15) is 0 Å². The molecule has 0 saturated heterocycles. The average Bonchev–Trinajstić information content (AvgIpc) is 3.18. The standard InChI is InChI=1S/C19H24N8O2S/c1-12-14(4-3-5-21-12)26-18(29)15-11-23-19(30-15)27-17-10-16(24-13(2)25-17)22-7-6-20-8-9-28/h3-5,10-11,20,28H,6-9H2,1-2H3,(H,26,29)(H2,22,23,24,25,27). The lowest BCUT2D eigenvalue weighted by Gasteiger charge is -2.09. The van der Waals surface area contributed by atoms with Crippen molar-refractivity contribution < 1.29 is 9.90 Å². The first-order valence-corrected chi connectivity index (χ1v) is 10.2. The fraction of sp³-hybridized carbons (Fsp3) is 0.316. The van der Waals surface area contributed by atoms with E-state index in [1.807, 2.05) is 6.92 Å². The fourth-order valence-corrected chi connectivity index (χ4v) is 3.27. The smallest absolute Gasteiger partial charge is 0.267 e. The molecule has 0 unspecified atom stereocenters. The van der Waals surface area contributed by atoms with Crippen LogP contribution in [-0.4, -0.2) is 57.2 Å². The van der Waals surface area contributed by atoms with Gasteiger partial charge in [0.15, 0.2) is 5.13 Å². The Morgan fingerprint density at radius 3 is 2.77 bits per heavy atom. The van der Waals surface area contributed by atoms with Gasteiger partial charge in [0, 0.05) is 31.9 Å². The van der Waals surface area contributed by atoms with Crippen molar-refractivity contribution in [2.45, 2.75) is 13.8 Å². The van der Waals surface area contributed by atoms with Crippen molar-refractivity contribution in [3.8, 4) is 0 Å². The molecule has 1 amide bonds. The summed E-state index contributed by atoms with van der Waals surface area (Å²) in [7, 11) is 0. The molecule has 0 spiro atoms. The molecular weight excluding hydrogens is 404 g/mol. The molecule has 11 heteroatoms. The second-order valence-corrected chi connectivity index (χ2v) is 7.36. The van der Waals surface area contributed by atoms with Crippen LogP contribution in [0.2, 0.25) is 0 Å². The lowest BCUT2D eigenvalue weighted by atomic mass is 10.3. The van der Waals surface area contributed by atoms with Gasteiger partial charge in [-0.3, -0.25) is 9.78 Å². The summed E-state index contributed by atoms with van der Waals surface area (Å²) in [4.78, 5) is 30.1. The van der Waals surface area contributed by atoms with E-state index in [9.17, 15) is 4.79 Å². The molecule has 0 saturated carbocycles. The van der Waals surface area contributed by atoms with Gasteiger partial charge in [0.1, 0.15) is 22.3 Å². The Bertz CT molecular complexity index is 994. The van der Waals surface area contributed by atoms with Gasteiger partial charge in [0.2, 0.25) is 0 Å². The van der Waals surface area contributed by atoms with Gasteiger partial charge in [-0.15, -0.1) is 0 Å². The molecule has 3 aromatic rings. The summed E-state index contributed by atoms with van der Waals surface area (Å²) in [5.41, 5.74) is 1.41. The van der Waals surface area contributed by atoms with E-state index in [2.05, 4.69) is 41.2 Å². The van der Waals surface area contributed by atoms with Crippen molar-refractivity contribution >= 4 is 39.7 Å². The van der Waals surface area contributed by atoms with Crippen molar-refractivity contribution in [2.75, 3.05) is 42.2 Å². The molecule has 0 fully saturated rings. The third-order valence-corrected chi connectivity index (χ3v) is 4.87. The van der Waals surface area contributed by atoms with Gasteiger partial charge in [0.25, 0.3) is 5.91 Å². The minimum Gasteiger partial charge on any atom is -0.395 e. The highest BCUT2D eigenvalue weighted by atomic mass is 32.1. The van der Waals surface area contributed by atoms with Crippen LogP contribution in [-0.2, 0) is 0 Å². The Balaban J connectivity index is 1.61. The van der Waals surface area contributed by atoms with E-state index in [4.69, 9.17) is 5.11 Å².